The van der Waals surface area contributed by atoms with Gasteiger partial charge in [0.2, 0.25) is 5.91 Å². The van der Waals surface area contributed by atoms with Gasteiger partial charge in [-0.1, -0.05) is 13.8 Å². The van der Waals surface area contributed by atoms with Crippen LogP contribution < -0.4 is 5.32 Å². The number of halogens is 1. The van der Waals surface area contributed by atoms with Crippen LogP contribution in [-0.4, -0.2) is 14.3 Å². The molecule has 0 aliphatic heterocycles. The predicted molar refractivity (Wildman–Crippen MR) is 72.5 cm³/mol. The average Bonchev–Trinajstić information content (AvgIpc) is 2.26. The largest absolute Gasteiger partial charge is 0.326 e. The van der Waals surface area contributed by atoms with Crippen molar-refractivity contribution in [2.24, 2.45) is 0 Å². The van der Waals surface area contributed by atoms with E-state index in [0.29, 0.717) is 18.5 Å². The molecular weight excluding hydrogens is 274 g/mol. The molecule has 0 bridgehead atoms. The van der Waals surface area contributed by atoms with Gasteiger partial charge in [0, 0.05) is 23.3 Å². The van der Waals surface area contributed by atoms with Crippen LogP contribution >= 0.6 is 10.7 Å². The molecule has 0 heterocycles. The first-order valence-corrected chi connectivity index (χ1v) is 7.98. The molecule has 0 atom stereocenters. The van der Waals surface area contributed by atoms with Crippen molar-refractivity contribution in [3.05, 3.63) is 23.3 Å². The summed E-state index contributed by atoms with van der Waals surface area (Å²) < 4.78 is 22.8. The third-order valence-electron chi connectivity index (χ3n) is 2.62. The van der Waals surface area contributed by atoms with E-state index in [2.05, 4.69) is 5.32 Å². The molecular formula is C12H16ClNO3S. The van der Waals surface area contributed by atoms with Gasteiger partial charge in [0.1, 0.15) is 0 Å². The Morgan fingerprint density at radius 2 is 1.67 bits per heavy atom. The Kier molecular flexibility index (Phi) is 4.76. The summed E-state index contributed by atoms with van der Waals surface area (Å²) in [6, 6.07) is 3.01. The van der Waals surface area contributed by atoms with Crippen molar-refractivity contribution in [2.45, 2.75) is 38.5 Å². The summed E-state index contributed by atoms with van der Waals surface area (Å²) in [7, 11) is 1.61. The second-order valence-electron chi connectivity index (χ2n) is 3.94. The van der Waals surface area contributed by atoms with E-state index in [4.69, 9.17) is 10.7 Å². The molecule has 1 rings (SSSR count). The molecule has 18 heavy (non-hydrogen) atoms. The summed E-state index contributed by atoms with van der Waals surface area (Å²) in [5.74, 6) is -0.180. The number of benzene rings is 1. The lowest BCUT2D eigenvalue weighted by Gasteiger charge is -2.15. The normalized spacial score (nSPS) is 11.3. The van der Waals surface area contributed by atoms with Crippen LogP contribution in [-0.2, 0) is 26.7 Å². The van der Waals surface area contributed by atoms with Crippen LogP contribution in [0.2, 0.25) is 0 Å². The van der Waals surface area contributed by atoms with Crippen molar-refractivity contribution in [1.29, 1.82) is 0 Å². The fraction of sp³-hybridized carbons (Fsp3) is 0.417. The summed E-state index contributed by atoms with van der Waals surface area (Å²) >= 11 is 0. The predicted octanol–water partition coefficient (Wildman–Crippen LogP) is 2.70. The highest BCUT2D eigenvalue weighted by Crippen LogP contribution is 2.28. The summed E-state index contributed by atoms with van der Waals surface area (Å²) in [4.78, 5) is 11.3. The van der Waals surface area contributed by atoms with Gasteiger partial charge < -0.3 is 5.32 Å². The molecule has 0 saturated carbocycles. The van der Waals surface area contributed by atoms with Crippen molar-refractivity contribution in [3.63, 3.8) is 0 Å². The van der Waals surface area contributed by atoms with Crippen LogP contribution in [0.1, 0.15) is 31.9 Å². The first-order chi connectivity index (χ1) is 8.29. The second kappa shape index (κ2) is 5.71. The summed E-state index contributed by atoms with van der Waals surface area (Å²) in [6.07, 6.45) is 1.23. The number of carbonyl (C=O) groups is 1. The number of aryl methyl sites for hydroxylation is 2. The maximum atomic E-state index is 11.4. The van der Waals surface area contributed by atoms with Crippen LogP contribution in [0.3, 0.4) is 0 Å². The van der Waals surface area contributed by atoms with E-state index in [1.54, 1.807) is 0 Å². The number of hydrogen-bond acceptors (Lipinski definition) is 3. The van der Waals surface area contributed by atoms with Crippen LogP contribution in [0.25, 0.3) is 0 Å². The zero-order chi connectivity index (χ0) is 13.9. The zero-order valence-electron chi connectivity index (χ0n) is 10.6. The Morgan fingerprint density at radius 1 is 1.22 bits per heavy atom. The zero-order valence-corrected chi connectivity index (χ0v) is 12.2. The number of hydrogen-bond donors (Lipinski definition) is 1. The highest BCUT2D eigenvalue weighted by atomic mass is 35.7. The van der Waals surface area contributed by atoms with Gasteiger partial charge in [-0.15, -0.1) is 0 Å². The summed E-state index contributed by atoms with van der Waals surface area (Å²) in [5, 5.41) is 2.75. The molecule has 0 aromatic heterocycles. The number of anilines is 1. The van der Waals surface area contributed by atoms with Crippen molar-refractivity contribution in [3.8, 4) is 0 Å². The minimum absolute atomic E-state index is 0.0759. The lowest BCUT2D eigenvalue weighted by Crippen LogP contribution is -2.11. The molecule has 6 heteroatoms. The average molecular weight is 290 g/mol. The van der Waals surface area contributed by atoms with E-state index in [0.717, 1.165) is 11.1 Å². The number of nitrogens with one attached hydrogen (secondary N) is 1. The molecule has 1 amide bonds. The fourth-order valence-electron chi connectivity index (χ4n) is 1.77. The standard InChI is InChI=1S/C12H16ClNO3S/c1-4-9-6-11(18(13,16)17)7-10(5-2)12(9)14-8(3)15/h6-7H,4-5H2,1-3H3,(H,14,15). The van der Waals surface area contributed by atoms with Crippen molar-refractivity contribution < 1.29 is 13.2 Å². The third-order valence-corrected chi connectivity index (χ3v) is 3.95. The minimum atomic E-state index is -3.75. The van der Waals surface area contributed by atoms with Crippen molar-refractivity contribution in [2.75, 3.05) is 5.32 Å². The summed E-state index contributed by atoms with van der Waals surface area (Å²) in [6.45, 7) is 5.21. The molecule has 1 aromatic carbocycles. The van der Waals surface area contributed by atoms with Crippen LogP contribution in [0.5, 0.6) is 0 Å². The first kappa shape index (κ1) is 15.0. The number of amides is 1. The monoisotopic (exact) mass is 289 g/mol. The molecule has 1 N–H and O–H groups in total. The van der Waals surface area contributed by atoms with E-state index in [1.165, 1.54) is 19.1 Å². The van der Waals surface area contributed by atoms with E-state index >= 15 is 0 Å². The van der Waals surface area contributed by atoms with Gasteiger partial charge in [-0.2, -0.15) is 0 Å². The molecule has 0 unspecified atom stereocenters. The molecule has 0 fully saturated rings. The number of carbonyl (C=O) groups excluding carboxylic acids is 1. The minimum Gasteiger partial charge on any atom is -0.326 e. The van der Waals surface area contributed by atoms with Crippen LogP contribution in [0, 0.1) is 0 Å². The third kappa shape index (κ3) is 3.46. The highest BCUT2D eigenvalue weighted by molar-refractivity contribution is 8.13. The molecule has 100 valence electrons. The van der Waals surface area contributed by atoms with Gasteiger partial charge >= 0.3 is 0 Å². The molecule has 0 spiro atoms. The first-order valence-electron chi connectivity index (χ1n) is 5.67. The molecule has 0 aliphatic rings. The van der Waals surface area contributed by atoms with E-state index in [9.17, 15) is 13.2 Å². The second-order valence-corrected chi connectivity index (χ2v) is 6.51. The quantitative estimate of drug-likeness (QED) is 0.867. The fourth-order valence-corrected chi connectivity index (χ4v) is 2.60. The molecule has 0 saturated heterocycles. The van der Waals surface area contributed by atoms with E-state index in [1.807, 2.05) is 13.8 Å². The Bertz CT molecular complexity index is 542. The van der Waals surface area contributed by atoms with Gasteiger partial charge in [-0.3, -0.25) is 4.79 Å². The summed E-state index contributed by atoms with van der Waals surface area (Å²) in [5.41, 5.74) is 2.23. The van der Waals surface area contributed by atoms with Gasteiger partial charge in [0.25, 0.3) is 9.05 Å². The van der Waals surface area contributed by atoms with Gasteiger partial charge in [0.15, 0.2) is 0 Å². The van der Waals surface area contributed by atoms with Gasteiger partial charge in [-0.25, -0.2) is 8.42 Å². The maximum Gasteiger partial charge on any atom is 0.261 e. The topological polar surface area (TPSA) is 63.2 Å². The maximum absolute atomic E-state index is 11.4. The number of rotatable bonds is 4. The Hall–Kier alpha value is -1.07. The Morgan fingerprint density at radius 3 is 1.94 bits per heavy atom. The van der Waals surface area contributed by atoms with Crippen molar-refractivity contribution in [1.82, 2.24) is 0 Å². The Balaban J connectivity index is 3.48. The highest BCUT2D eigenvalue weighted by Gasteiger charge is 2.16. The van der Waals surface area contributed by atoms with Crippen LogP contribution in [0.15, 0.2) is 17.0 Å². The van der Waals surface area contributed by atoms with Gasteiger partial charge in [-0.05, 0) is 36.1 Å². The van der Waals surface area contributed by atoms with E-state index in [-0.39, 0.29) is 10.8 Å². The Labute approximate surface area is 112 Å². The van der Waals surface area contributed by atoms with Crippen molar-refractivity contribution >= 4 is 31.3 Å². The molecule has 1 aromatic rings. The lowest BCUT2D eigenvalue weighted by molar-refractivity contribution is -0.114. The van der Waals surface area contributed by atoms with Crippen LogP contribution in [0.4, 0.5) is 5.69 Å². The van der Waals surface area contributed by atoms with E-state index < -0.39 is 9.05 Å². The molecule has 0 radical (unpaired) electrons. The lowest BCUT2D eigenvalue weighted by atomic mass is 10.0. The van der Waals surface area contributed by atoms with Gasteiger partial charge in [0.05, 0.1) is 4.90 Å². The molecule has 4 nitrogen and oxygen atoms in total. The smallest absolute Gasteiger partial charge is 0.261 e. The SMILES string of the molecule is CCc1cc(S(=O)(=O)Cl)cc(CC)c1NC(C)=O. The molecule has 0 aliphatic carbocycles.